The Labute approximate surface area is 148 Å². The lowest BCUT2D eigenvalue weighted by Gasteiger charge is -2.17. The van der Waals surface area contributed by atoms with Crippen molar-refractivity contribution >= 4 is 35.8 Å². The number of halogens is 1. The number of benzene rings is 1. The summed E-state index contributed by atoms with van der Waals surface area (Å²) in [4.78, 5) is 16.0. The first-order valence-electron chi connectivity index (χ1n) is 7.25. The summed E-state index contributed by atoms with van der Waals surface area (Å²) < 4.78 is 0. The zero-order valence-electron chi connectivity index (χ0n) is 12.7. The van der Waals surface area contributed by atoms with E-state index in [-0.39, 0.29) is 29.9 Å². The maximum absolute atomic E-state index is 11.8. The Balaban J connectivity index is 0.00000242. The molecule has 0 aromatic heterocycles. The summed E-state index contributed by atoms with van der Waals surface area (Å²) in [5.41, 5.74) is 0.678. The standard InChI is InChI=1S/C16H22N4O.HI/c1-17-16(20-14-9-5-6-10-14)19-12-11-18-15(21)13-7-3-2-4-8-13;/h2-8,14H,9-12H2,1H3,(H,18,21)(H2,17,19,20);1H. The quantitative estimate of drug-likeness (QED) is 0.227. The van der Waals surface area contributed by atoms with Crippen molar-refractivity contribution in [1.82, 2.24) is 16.0 Å². The van der Waals surface area contributed by atoms with Crippen molar-refractivity contribution < 1.29 is 4.79 Å². The topological polar surface area (TPSA) is 65.5 Å². The first-order chi connectivity index (χ1) is 10.3. The largest absolute Gasteiger partial charge is 0.355 e. The van der Waals surface area contributed by atoms with Crippen molar-refractivity contribution in [3.8, 4) is 0 Å². The van der Waals surface area contributed by atoms with E-state index in [1.807, 2.05) is 18.2 Å². The van der Waals surface area contributed by atoms with Crippen molar-refractivity contribution in [1.29, 1.82) is 0 Å². The van der Waals surface area contributed by atoms with Crippen molar-refractivity contribution in [2.45, 2.75) is 18.9 Å². The van der Waals surface area contributed by atoms with Crippen LogP contribution in [0.2, 0.25) is 0 Å². The van der Waals surface area contributed by atoms with E-state index in [1.54, 1.807) is 19.2 Å². The van der Waals surface area contributed by atoms with Gasteiger partial charge in [-0.1, -0.05) is 30.4 Å². The molecule has 1 amide bonds. The van der Waals surface area contributed by atoms with Gasteiger partial charge in [0.25, 0.3) is 5.91 Å². The van der Waals surface area contributed by atoms with Gasteiger partial charge < -0.3 is 16.0 Å². The summed E-state index contributed by atoms with van der Waals surface area (Å²) >= 11 is 0. The van der Waals surface area contributed by atoms with Gasteiger partial charge in [0.15, 0.2) is 5.96 Å². The molecule has 22 heavy (non-hydrogen) atoms. The number of carbonyl (C=O) groups excluding carboxylic acids is 1. The van der Waals surface area contributed by atoms with E-state index < -0.39 is 0 Å². The Morgan fingerprint density at radius 3 is 2.41 bits per heavy atom. The second-order valence-corrected chi connectivity index (χ2v) is 4.90. The van der Waals surface area contributed by atoms with Crippen LogP contribution in [0.3, 0.4) is 0 Å². The lowest BCUT2D eigenvalue weighted by Crippen LogP contribution is -2.45. The summed E-state index contributed by atoms with van der Waals surface area (Å²) in [6, 6.07) is 9.64. The van der Waals surface area contributed by atoms with Gasteiger partial charge >= 0.3 is 0 Å². The van der Waals surface area contributed by atoms with Crippen molar-refractivity contribution in [2.24, 2.45) is 4.99 Å². The van der Waals surface area contributed by atoms with Gasteiger partial charge in [0.05, 0.1) is 0 Å². The Morgan fingerprint density at radius 1 is 1.14 bits per heavy atom. The lowest BCUT2D eigenvalue weighted by atomic mass is 10.2. The normalized spacial score (nSPS) is 14.3. The Hall–Kier alpha value is -1.57. The number of aliphatic imine (C=N–C) groups is 1. The molecule has 0 unspecified atom stereocenters. The third kappa shape index (κ3) is 6.05. The number of rotatable bonds is 5. The van der Waals surface area contributed by atoms with Gasteiger partial charge in [-0.25, -0.2) is 0 Å². The average Bonchev–Trinajstić information content (AvgIpc) is 3.04. The van der Waals surface area contributed by atoms with Gasteiger partial charge in [0.1, 0.15) is 0 Å². The van der Waals surface area contributed by atoms with Crippen LogP contribution >= 0.6 is 24.0 Å². The lowest BCUT2D eigenvalue weighted by molar-refractivity contribution is 0.0954. The highest BCUT2D eigenvalue weighted by Gasteiger charge is 2.11. The first-order valence-corrected chi connectivity index (χ1v) is 7.25. The highest BCUT2D eigenvalue weighted by Crippen LogP contribution is 2.08. The molecule has 5 nitrogen and oxygen atoms in total. The Bertz CT molecular complexity index is 508. The molecule has 1 aliphatic rings. The second-order valence-electron chi connectivity index (χ2n) is 4.90. The molecule has 0 atom stereocenters. The van der Waals surface area contributed by atoms with E-state index in [0.717, 1.165) is 18.8 Å². The van der Waals surface area contributed by atoms with Gasteiger partial charge in [0.2, 0.25) is 0 Å². The van der Waals surface area contributed by atoms with Crippen LogP contribution in [-0.2, 0) is 0 Å². The average molecular weight is 414 g/mol. The van der Waals surface area contributed by atoms with Crippen molar-refractivity contribution in [3.05, 3.63) is 48.0 Å². The molecule has 0 bridgehead atoms. The maximum Gasteiger partial charge on any atom is 0.251 e. The fraction of sp³-hybridized carbons (Fsp3) is 0.375. The van der Waals surface area contributed by atoms with Crippen molar-refractivity contribution in [3.63, 3.8) is 0 Å². The van der Waals surface area contributed by atoms with Gasteiger partial charge in [-0.05, 0) is 25.0 Å². The van der Waals surface area contributed by atoms with Gasteiger partial charge in [-0.3, -0.25) is 9.79 Å². The summed E-state index contributed by atoms with van der Waals surface area (Å²) in [7, 11) is 1.75. The molecule has 1 aromatic rings. The Kier molecular flexibility index (Phi) is 8.57. The van der Waals surface area contributed by atoms with E-state index in [0.29, 0.717) is 24.7 Å². The van der Waals surface area contributed by atoms with E-state index >= 15 is 0 Å². The van der Waals surface area contributed by atoms with Crippen LogP contribution in [0.5, 0.6) is 0 Å². The molecule has 0 heterocycles. The van der Waals surface area contributed by atoms with Crippen LogP contribution in [0.15, 0.2) is 47.5 Å². The van der Waals surface area contributed by atoms with E-state index in [1.165, 1.54) is 0 Å². The predicted octanol–water partition coefficient (Wildman–Crippen LogP) is 1.92. The number of carbonyl (C=O) groups is 1. The maximum atomic E-state index is 11.8. The third-order valence-corrected chi connectivity index (χ3v) is 3.31. The minimum absolute atomic E-state index is 0. The zero-order valence-corrected chi connectivity index (χ0v) is 15.0. The summed E-state index contributed by atoms with van der Waals surface area (Å²) in [5, 5.41) is 9.42. The molecule has 0 spiro atoms. The number of hydrogen-bond donors (Lipinski definition) is 3. The molecule has 6 heteroatoms. The molecule has 2 rings (SSSR count). The highest BCUT2D eigenvalue weighted by molar-refractivity contribution is 14.0. The zero-order chi connectivity index (χ0) is 14.9. The van der Waals surface area contributed by atoms with Crippen LogP contribution in [0.4, 0.5) is 0 Å². The van der Waals surface area contributed by atoms with Crippen LogP contribution < -0.4 is 16.0 Å². The second kappa shape index (κ2) is 10.2. The molecule has 0 saturated heterocycles. The van der Waals surface area contributed by atoms with Crippen LogP contribution in [-0.4, -0.2) is 38.0 Å². The summed E-state index contributed by atoms with van der Waals surface area (Å²) in [6.45, 7) is 1.19. The van der Waals surface area contributed by atoms with Crippen LogP contribution in [0.25, 0.3) is 0 Å². The van der Waals surface area contributed by atoms with Gasteiger partial charge in [0, 0.05) is 31.7 Å². The number of hydrogen-bond acceptors (Lipinski definition) is 2. The molecule has 1 aliphatic carbocycles. The third-order valence-electron chi connectivity index (χ3n) is 3.31. The van der Waals surface area contributed by atoms with E-state index in [9.17, 15) is 4.79 Å². The number of guanidine groups is 1. The molecule has 0 radical (unpaired) electrons. The number of amides is 1. The monoisotopic (exact) mass is 414 g/mol. The number of nitrogens with zero attached hydrogens (tertiary/aromatic N) is 1. The Morgan fingerprint density at radius 2 is 1.77 bits per heavy atom. The molecular weight excluding hydrogens is 391 g/mol. The fourth-order valence-corrected chi connectivity index (χ4v) is 2.17. The molecular formula is C16H23IN4O. The smallest absolute Gasteiger partial charge is 0.251 e. The molecule has 0 aliphatic heterocycles. The molecule has 0 fully saturated rings. The van der Waals surface area contributed by atoms with E-state index in [2.05, 4.69) is 33.1 Å². The minimum atomic E-state index is -0.0552. The summed E-state index contributed by atoms with van der Waals surface area (Å²) in [6.07, 6.45) is 6.41. The molecule has 120 valence electrons. The van der Waals surface area contributed by atoms with E-state index in [4.69, 9.17) is 0 Å². The SMILES string of the molecule is CN=C(NCCNC(=O)c1ccccc1)NC1CC=CC1.I. The highest BCUT2D eigenvalue weighted by atomic mass is 127. The molecule has 3 N–H and O–H groups in total. The molecule has 0 saturated carbocycles. The first kappa shape index (κ1) is 18.5. The number of nitrogens with one attached hydrogen (secondary N) is 3. The fourth-order valence-electron chi connectivity index (χ4n) is 2.17. The predicted molar refractivity (Wildman–Crippen MR) is 101 cm³/mol. The van der Waals surface area contributed by atoms with Gasteiger partial charge in [-0.15, -0.1) is 24.0 Å². The summed E-state index contributed by atoms with van der Waals surface area (Å²) in [5.74, 6) is 0.720. The van der Waals surface area contributed by atoms with Crippen molar-refractivity contribution in [2.75, 3.05) is 20.1 Å². The van der Waals surface area contributed by atoms with Crippen LogP contribution in [0.1, 0.15) is 23.2 Å². The molecule has 1 aromatic carbocycles. The van der Waals surface area contributed by atoms with Gasteiger partial charge in [-0.2, -0.15) is 0 Å². The minimum Gasteiger partial charge on any atom is -0.355 e. The van der Waals surface area contributed by atoms with Crippen LogP contribution in [0, 0.1) is 0 Å².